The van der Waals surface area contributed by atoms with E-state index < -0.39 is 24.0 Å². The van der Waals surface area contributed by atoms with Crippen LogP contribution in [0.15, 0.2) is 84.9 Å². The Hall–Kier alpha value is -4.46. The summed E-state index contributed by atoms with van der Waals surface area (Å²) < 4.78 is 0. The maximum Gasteiger partial charge on any atom is 0.251 e. The van der Waals surface area contributed by atoms with Crippen LogP contribution in [0.1, 0.15) is 54.1 Å². The van der Waals surface area contributed by atoms with E-state index in [4.69, 9.17) is 0 Å². The highest BCUT2D eigenvalue weighted by molar-refractivity contribution is 6.02. The molecule has 2 aliphatic rings. The minimum absolute atomic E-state index is 0.0342. The van der Waals surface area contributed by atoms with Gasteiger partial charge in [0.05, 0.1) is 18.5 Å². The summed E-state index contributed by atoms with van der Waals surface area (Å²) in [4.78, 5) is 60.1. The molecule has 2 heterocycles. The van der Waals surface area contributed by atoms with Crippen LogP contribution in [0, 0.1) is 5.92 Å². The number of nitrogens with zero attached hydrogens (tertiary/aromatic N) is 3. The normalized spacial score (nSPS) is 18.6. The Bertz CT molecular complexity index is 1420. The van der Waals surface area contributed by atoms with Gasteiger partial charge in [-0.05, 0) is 54.2 Å². The van der Waals surface area contributed by atoms with Gasteiger partial charge in [-0.1, -0.05) is 74.5 Å². The Labute approximate surface area is 253 Å². The summed E-state index contributed by atoms with van der Waals surface area (Å²) in [5.74, 6) is -1.30. The van der Waals surface area contributed by atoms with Gasteiger partial charge < -0.3 is 20.0 Å². The number of amides is 3. The van der Waals surface area contributed by atoms with Gasteiger partial charge in [-0.3, -0.25) is 19.2 Å². The predicted octanol–water partition coefficient (Wildman–Crippen LogP) is 4.11. The van der Waals surface area contributed by atoms with Gasteiger partial charge in [-0.15, -0.1) is 0 Å². The molecule has 8 heteroatoms. The molecular weight excluding hydrogens is 540 g/mol. The summed E-state index contributed by atoms with van der Waals surface area (Å²) in [7, 11) is 3.86. The highest BCUT2D eigenvalue weighted by Gasteiger charge is 2.53. The highest BCUT2D eigenvalue weighted by atomic mass is 16.2. The van der Waals surface area contributed by atoms with Gasteiger partial charge >= 0.3 is 0 Å². The standard InChI is InChI=1S/C35H40N4O4/c1-23(2)21-28(36-33(41)26-15-17-27(18-16-26)37(3)4)34(42)38-20-19-29-32(38)30(40)22-39(29)35(43)31(24-11-7-5-8-12-24)25-13-9-6-10-14-25/h5-18,23,28-29,31-32H,19-22H2,1-4H3,(H,36,41)/t28-,29?,32?/m0/s1. The maximum atomic E-state index is 14.2. The van der Waals surface area contributed by atoms with E-state index in [-0.39, 0.29) is 36.0 Å². The Morgan fingerprint density at radius 1 is 0.837 bits per heavy atom. The molecule has 2 unspecified atom stereocenters. The van der Waals surface area contributed by atoms with Crippen LogP contribution in [-0.4, -0.2) is 78.6 Å². The van der Waals surface area contributed by atoms with Crippen molar-refractivity contribution in [1.82, 2.24) is 15.1 Å². The minimum Gasteiger partial charge on any atom is -0.378 e. The smallest absolute Gasteiger partial charge is 0.251 e. The lowest BCUT2D eigenvalue weighted by Gasteiger charge is -2.30. The Balaban J connectivity index is 1.35. The SMILES string of the molecule is CC(C)C[C@H](NC(=O)c1ccc(N(C)C)cc1)C(=O)N1CCC2C1C(=O)CN2C(=O)C(c1ccccc1)c1ccccc1. The van der Waals surface area contributed by atoms with Gasteiger partial charge in [0.2, 0.25) is 11.8 Å². The quantitative estimate of drug-likeness (QED) is 0.412. The fraction of sp³-hybridized carbons (Fsp3) is 0.371. The molecule has 0 aliphatic carbocycles. The van der Waals surface area contributed by atoms with E-state index in [2.05, 4.69) is 5.32 Å². The molecule has 2 saturated heterocycles. The Morgan fingerprint density at radius 3 is 1.95 bits per heavy atom. The number of fused-ring (bicyclic) bond motifs is 1. The van der Waals surface area contributed by atoms with Gasteiger partial charge in [0.15, 0.2) is 5.78 Å². The lowest BCUT2D eigenvalue weighted by atomic mass is 9.89. The zero-order chi connectivity index (χ0) is 30.7. The molecule has 0 bridgehead atoms. The Morgan fingerprint density at radius 2 is 1.42 bits per heavy atom. The third-order valence-electron chi connectivity index (χ3n) is 8.46. The zero-order valence-corrected chi connectivity index (χ0v) is 25.3. The number of anilines is 1. The molecule has 0 radical (unpaired) electrons. The van der Waals surface area contributed by atoms with Crippen molar-refractivity contribution < 1.29 is 19.2 Å². The molecular formula is C35H40N4O4. The molecule has 3 amide bonds. The van der Waals surface area contributed by atoms with Crippen molar-refractivity contribution in [3.8, 4) is 0 Å². The number of nitrogens with one attached hydrogen (secondary N) is 1. The number of benzene rings is 3. The molecule has 2 fully saturated rings. The molecule has 224 valence electrons. The summed E-state index contributed by atoms with van der Waals surface area (Å²) in [5, 5.41) is 2.94. The lowest BCUT2D eigenvalue weighted by Crippen LogP contribution is -2.53. The van der Waals surface area contributed by atoms with Crippen molar-refractivity contribution in [3.05, 3.63) is 102 Å². The first kappa shape index (κ1) is 30.0. The summed E-state index contributed by atoms with van der Waals surface area (Å²) in [6.45, 7) is 4.32. The third-order valence-corrected chi connectivity index (χ3v) is 8.46. The largest absolute Gasteiger partial charge is 0.378 e. The second-order valence-corrected chi connectivity index (χ2v) is 12.1. The van der Waals surface area contributed by atoms with Crippen LogP contribution in [0.25, 0.3) is 0 Å². The van der Waals surface area contributed by atoms with Crippen LogP contribution in [-0.2, 0) is 14.4 Å². The number of carbonyl (C=O) groups is 4. The van der Waals surface area contributed by atoms with E-state index in [0.717, 1.165) is 16.8 Å². The second kappa shape index (κ2) is 12.8. The Kier molecular flexibility index (Phi) is 8.94. The van der Waals surface area contributed by atoms with Crippen molar-refractivity contribution in [2.75, 3.05) is 32.1 Å². The average molecular weight is 581 g/mol. The minimum atomic E-state index is -0.779. The average Bonchev–Trinajstić information content (AvgIpc) is 3.58. The van der Waals surface area contributed by atoms with Gasteiger partial charge in [-0.2, -0.15) is 0 Å². The van der Waals surface area contributed by atoms with E-state index in [1.807, 2.05) is 106 Å². The monoisotopic (exact) mass is 580 g/mol. The van der Waals surface area contributed by atoms with Crippen molar-refractivity contribution >= 4 is 29.2 Å². The lowest BCUT2D eigenvalue weighted by molar-refractivity contribution is -0.138. The van der Waals surface area contributed by atoms with Gasteiger partial charge in [0.1, 0.15) is 12.1 Å². The molecule has 5 rings (SSSR count). The third kappa shape index (κ3) is 6.33. The number of carbonyl (C=O) groups excluding carboxylic acids is 4. The number of Topliss-reactive ketones (excluding diaryl/α,β-unsaturated/α-hetero) is 1. The summed E-state index contributed by atoms with van der Waals surface area (Å²) in [5.41, 5.74) is 3.15. The van der Waals surface area contributed by atoms with Crippen LogP contribution in [0.5, 0.6) is 0 Å². The number of hydrogen-bond donors (Lipinski definition) is 1. The topological polar surface area (TPSA) is 90.0 Å². The molecule has 0 spiro atoms. The van der Waals surface area contributed by atoms with Gasteiger partial charge in [0, 0.05) is 31.9 Å². The van der Waals surface area contributed by atoms with Crippen LogP contribution >= 0.6 is 0 Å². The molecule has 3 aromatic rings. The predicted molar refractivity (Wildman–Crippen MR) is 167 cm³/mol. The molecule has 3 aromatic carbocycles. The van der Waals surface area contributed by atoms with Crippen LogP contribution in [0.4, 0.5) is 5.69 Å². The van der Waals surface area contributed by atoms with Crippen molar-refractivity contribution in [3.63, 3.8) is 0 Å². The first-order valence-electron chi connectivity index (χ1n) is 15.0. The fourth-order valence-electron chi connectivity index (χ4n) is 6.34. The van der Waals surface area contributed by atoms with Crippen molar-refractivity contribution in [1.29, 1.82) is 0 Å². The number of likely N-dealkylation sites (tertiary alicyclic amines) is 2. The number of hydrogen-bond acceptors (Lipinski definition) is 5. The molecule has 8 nitrogen and oxygen atoms in total. The van der Waals surface area contributed by atoms with Crippen LogP contribution in [0.2, 0.25) is 0 Å². The molecule has 43 heavy (non-hydrogen) atoms. The van der Waals surface area contributed by atoms with E-state index >= 15 is 0 Å². The first-order valence-corrected chi connectivity index (χ1v) is 15.0. The maximum absolute atomic E-state index is 14.2. The van der Waals surface area contributed by atoms with Gasteiger partial charge in [0.25, 0.3) is 5.91 Å². The van der Waals surface area contributed by atoms with E-state index in [1.165, 1.54) is 0 Å². The highest BCUT2D eigenvalue weighted by Crippen LogP contribution is 2.35. The van der Waals surface area contributed by atoms with Crippen LogP contribution in [0.3, 0.4) is 0 Å². The summed E-state index contributed by atoms with van der Waals surface area (Å²) in [6, 6.07) is 24.5. The molecule has 1 N–H and O–H groups in total. The first-order chi connectivity index (χ1) is 20.7. The summed E-state index contributed by atoms with van der Waals surface area (Å²) >= 11 is 0. The molecule has 0 aromatic heterocycles. The zero-order valence-electron chi connectivity index (χ0n) is 25.3. The molecule has 2 aliphatic heterocycles. The fourth-order valence-corrected chi connectivity index (χ4v) is 6.34. The van der Waals surface area contributed by atoms with E-state index in [9.17, 15) is 19.2 Å². The number of ketones is 1. The van der Waals surface area contributed by atoms with Gasteiger partial charge in [-0.25, -0.2) is 0 Å². The van der Waals surface area contributed by atoms with E-state index in [1.54, 1.807) is 21.9 Å². The van der Waals surface area contributed by atoms with Crippen molar-refractivity contribution in [2.24, 2.45) is 5.92 Å². The number of rotatable bonds is 9. The van der Waals surface area contributed by atoms with Crippen LogP contribution < -0.4 is 10.2 Å². The summed E-state index contributed by atoms with van der Waals surface area (Å²) in [6.07, 6.45) is 0.952. The molecule has 0 saturated carbocycles. The molecule has 3 atom stereocenters. The second-order valence-electron chi connectivity index (χ2n) is 12.1. The van der Waals surface area contributed by atoms with Crippen molar-refractivity contribution in [2.45, 2.75) is 50.7 Å². The van der Waals surface area contributed by atoms with E-state index in [0.29, 0.717) is 24.9 Å².